The Hall–Kier alpha value is -1.61. The first kappa shape index (κ1) is 9.93. The molecule has 0 radical (unpaired) electrons. The molecule has 3 heteroatoms. The van der Waals surface area contributed by atoms with Crippen LogP contribution in [-0.4, -0.2) is 4.98 Å². The zero-order valence-corrected chi connectivity index (χ0v) is 9.04. The molecule has 0 unspecified atom stereocenters. The van der Waals surface area contributed by atoms with Gasteiger partial charge in [0.2, 0.25) is 0 Å². The van der Waals surface area contributed by atoms with Crippen LogP contribution in [0.5, 0.6) is 0 Å². The number of hydrazine groups is 1. The molecule has 0 bridgehead atoms. The van der Waals surface area contributed by atoms with Crippen molar-refractivity contribution in [3.8, 4) is 0 Å². The SMILES string of the molecule is CCc1cccc2c(NN)cc(C)nc12. The standard InChI is InChI=1S/C12H15N3/c1-3-9-5-4-6-10-11(15-13)7-8(2)14-12(9)10/h4-7H,3,13H2,1-2H3,(H,14,15). The van der Waals surface area contributed by atoms with Crippen molar-refractivity contribution in [1.82, 2.24) is 4.98 Å². The normalized spacial score (nSPS) is 10.6. The Morgan fingerprint density at radius 3 is 2.87 bits per heavy atom. The molecule has 1 heterocycles. The van der Waals surface area contributed by atoms with Crippen molar-refractivity contribution in [2.24, 2.45) is 5.84 Å². The largest absolute Gasteiger partial charge is 0.323 e. The van der Waals surface area contributed by atoms with Crippen molar-refractivity contribution in [1.29, 1.82) is 0 Å². The molecule has 0 spiro atoms. The molecule has 1 aromatic carbocycles. The third-order valence-corrected chi connectivity index (χ3v) is 2.59. The number of para-hydroxylation sites is 1. The molecule has 0 amide bonds. The average Bonchev–Trinajstić information content (AvgIpc) is 2.27. The molecule has 15 heavy (non-hydrogen) atoms. The highest BCUT2D eigenvalue weighted by Crippen LogP contribution is 2.25. The quantitative estimate of drug-likeness (QED) is 0.579. The fourth-order valence-corrected chi connectivity index (χ4v) is 1.84. The summed E-state index contributed by atoms with van der Waals surface area (Å²) in [6.07, 6.45) is 0.984. The molecule has 3 nitrogen and oxygen atoms in total. The predicted molar refractivity (Wildman–Crippen MR) is 63.7 cm³/mol. The van der Waals surface area contributed by atoms with Gasteiger partial charge in [-0.1, -0.05) is 25.1 Å². The van der Waals surface area contributed by atoms with Crippen LogP contribution in [0.1, 0.15) is 18.2 Å². The molecule has 0 saturated heterocycles. The molecule has 0 atom stereocenters. The van der Waals surface area contributed by atoms with E-state index in [0.29, 0.717) is 0 Å². The molecule has 78 valence electrons. The number of fused-ring (bicyclic) bond motifs is 1. The monoisotopic (exact) mass is 201 g/mol. The van der Waals surface area contributed by atoms with E-state index in [4.69, 9.17) is 5.84 Å². The first-order chi connectivity index (χ1) is 7.26. The molecule has 0 saturated carbocycles. The summed E-state index contributed by atoms with van der Waals surface area (Å²) in [6, 6.07) is 8.14. The number of aromatic nitrogens is 1. The van der Waals surface area contributed by atoms with Crippen molar-refractivity contribution in [3.05, 3.63) is 35.5 Å². The van der Waals surface area contributed by atoms with Gasteiger partial charge in [0.15, 0.2) is 0 Å². The molecule has 0 aliphatic heterocycles. The van der Waals surface area contributed by atoms with Gasteiger partial charge >= 0.3 is 0 Å². The molecular weight excluding hydrogens is 186 g/mol. The number of nitrogens with one attached hydrogen (secondary N) is 1. The summed E-state index contributed by atoms with van der Waals surface area (Å²) >= 11 is 0. The fourth-order valence-electron chi connectivity index (χ4n) is 1.84. The Kier molecular flexibility index (Phi) is 2.56. The van der Waals surface area contributed by atoms with E-state index < -0.39 is 0 Å². The van der Waals surface area contributed by atoms with Crippen LogP contribution >= 0.6 is 0 Å². The summed E-state index contributed by atoms with van der Waals surface area (Å²) in [5.41, 5.74) is 6.95. The average molecular weight is 201 g/mol. The maximum absolute atomic E-state index is 5.50. The lowest BCUT2D eigenvalue weighted by Crippen LogP contribution is -2.08. The van der Waals surface area contributed by atoms with Gasteiger partial charge in [-0.3, -0.25) is 10.8 Å². The predicted octanol–water partition coefficient (Wildman–Crippen LogP) is 2.39. The van der Waals surface area contributed by atoms with Crippen LogP contribution in [0, 0.1) is 6.92 Å². The van der Waals surface area contributed by atoms with E-state index >= 15 is 0 Å². The Morgan fingerprint density at radius 1 is 1.40 bits per heavy atom. The van der Waals surface area contributed by atoms with Crippen LogP contribution in [0.2, 0.25) is 0 Å². The third-order valence-electron chi connectivity index (χ3n) is 2.59. The maximum atomic E-state index is 5.50. The number of pyridine rings is 1. The van der Waals surface area contributed by atoms with E-state index in [1.165, 1.54) is 5.56 Å². The van der Waals surface area contributed by atoms with Crippen molar-refractivity contribution in [3.63, 3.8) is 0 Å². The minimum Gasteiger partial charge on any atom is -0.323 e. The van der Waals surface area contributed by atoms with Crippen molar-refractivity contribution in [2.75, 3.05) is 5.43 Å². The smallest absolute Gasteiger partial charge is 0.0758 e. The zero-order valence-electron chi connectivity index (χ0n) is 9.04. The lowest BCUT2D eigenvalue weighted by molar-refractivity contribution is 1.13. The highest BCUT2D eigenvalue weighted by Gasteiger charge is 2.05. The number of nitrogens with zero attached hydrogens (tertiary/aromatic N) is 1. The Morgan fingerprint density at radius 2 is 2.20 bits per heavy atom. The van der Waals surface area contributed by atoms with Crippen LogP contribution in [0.4, 0.5) is 5.69 Å². The van der Waals surface area contributed by atoms with Crippen molar-refractivity contribution in [2.45, 2.75) is 20.3 Å². The molecule has 0 fully saturated rings. The van der Waals surface area contributed by atoms with Crippen LogP contribution in [0.25, 0.3) is 10.9 Å². The number of rotatable bonds is 2. The molecule has 0 aliphatic carbocycles. The molecule has 0 aliphatic rings. The number of anilines is 1. The van der Waals surface area contributed by atoms with Crippen LogP contribution < -0.4 is 11.3 Å². The van der Waals surface area contributed by atoms with Crippen LogP contribution in [-0.2, 0) is 6.42 Å². The fraction of sp³-hybridized carbons (Fsp3) is 0.250. The minimum absolute atomic E-state index is 0.938. The summed E-state index contributed by atoms with van der Waals surface area (Å²) in [5, 5.41) is 1.09. The molecule has 2 rings (SSSR count). The van der Waals surface area contributed by atoms with E-state index in [2.05, 4.69) is 23.4 Å². The Labute approximate surface area is 89.3 Å². The summed E-state index contributed by atoms with van der Waals surface area (Å²) in [7, 11) is 0. The zero-order chi connectivity index (χ0) is 10.8. The Balaban J connectivity index is 2.82. The first-order valence-electron chi connectivity index (χ1n) is 5.12. The van der Waals surface area contributed by atoms with Crippen LogP contribution in [0.15, 0.2) is 24.3 Å². The maximum Gasteiger partial charge on any atom is 0.0758 e. The van der Waals surface area contributed by atoms with Crippen molar-refractivity contribution >= 4 is 16.6 Å². The Bertz CT molecular complexity index is 491. The summed E-state index contributed by atoms with van der Waals surface area (Å²) in [5.74, 6) is 5.50. The van der Waals surface area contributed by atoms with Gasteiger partial charge in [-0.2, -0.15) is 0 Å². The molecular formula is C12H15N3. The van der Waals surface area contributed by atoms with Gasteiger partial charge < -0.3 is 5.43 Å². The number of nitrogens with two attached hydrogens (primary N) is 1. The second-order valence-electron chi connectivity index (χ2n) is 3.62. The highest BCUT2D eigenvalue weighted by molar-refractivity contribution is 5.93. The van der Waals surface area contributed by atoms with Gasteiger partial charge in [0.1, 0.15) is 0 Å². The van der Waals surface area contributed by atoms with Gasteiger partial charge in [-0.05, 0) is 25.0 Å². The first-order valence-corrected chi connectivity index (χ1v) is 5.12. The van der Waals surface area contributed by atoms with E-state index in [1.54, 1.807) is 0 Å². The molecule has 3 N–H and O–H groups in total. The van der Waals surface area contributed by atoms with Gasteiger partial charge in [0.25, 0.3) is 0 Å². The van der Waals surface area contributed by atoms with Crippen molar-refractivity contribution < 1.29 is 0 Å². The highest BCUT2D eigenvalue weighted by atomic mass is 15.2. The van der Waals surface area contributed by atoms with E-state index in [-0.39, 0.29) is 0 Å². The summed E-state index contributed by atoms with van der Waals surface area (Å²) in [4.78, 5) is 4.56. The summed E-state index contributed by atoms with van der Waals surface area (Å²) in [6.45, 7) is 4.11. The van der Waals surface area contributed by atoms with Gasteiger partial charge in [0, 0.05) is 11.1 Å². The van der Waals surface area contributed by atoms with E-state index in [0.717, 1.165) is 28.7 Å². The van der Waals surface area contributed by atoms with Gasteiger partial charge in [-0.25, -0.2) is 0 Å². The number of hydrogen-bond acceptors (Lipinski definition) is 3. The minimum atomic E-state index is 0.938. The number of nitrogen functional groups attached to an aromatic ring is 1. The lowest BCUT2D eigenvalue weighted by Gasteiger charge is -2.09. The van der Waals surface area contributed by atoms with Gasteiger partial charge in [0.05, 0.1) is 11.2 Å². The second kappa shape index (κ2) is 3.87. The molecule has 1 aromatic heterocycles. The number of aryl methyl sites for hydroxylation is 2. The van der Waals surface area contributed by atoms with Gasteiger partial charge in [-0.15, -0.1) is 0 Å². The van der Waals surface area contributed by atoms with E-state index in [9.17, 15) is 0 Å². The van der Waals surface area contributed by atoms with Crippen LogP contribution in [0.3, 0.4) is 0 Å². The number of hydrogen-bond donors (Lipinski definition) is 2. The second-order valence-corrected chi connectivity index (χ2v) is 3.62. The topological polar surface area (TPSA) is 50.9 Å². The number of benzene rings is 1. The van der Waals surface area contributed by atoms with E-state index in [1.807, 2.05) is 25.1 Å². The summed E-state index contributed by atoms with van der Waals surface area (Å²) < 4.78 is 0. The third kappa shape index (κ3) is 1.66. The lowest BCUT2D eigenvalue weighted by atomic mass is 10.1. The molecule has 2 aromatic rings.